The van der Waals surface area contributed by atoms with Crippen LogP contribution >= 0.6 is 0 Å². The van der Waals surface area contributed by atoms with E-state index in [0.717, 1.165) is 12.8 Å². The van der Waals surface area contributed by atoms with E-state index in [1.54, 1.807) is 0 Å². The van der Waals surface area contributed by atoms with Gasteiger partial charge in [-0.25, -0.2) is 4.79 Å². The largest absolute Gasteiger partial charge is 0.462 e. The molecule has 2 nitrogen and oxygen atoms in total. The summed E-state index contributed by atoms with van der Waals surface area (Å²) < 4.78 is 5.42. The molecule has 1 rings (SSSR count). The summed E-state index contributed by atoms with van der Waals surface area (Å²) in [7, 11) is 0. The number of hydrogen-bond donors (Lipinski definition) is 0. The Kier molecular flexibility index (Phi) is 16.6. The second kappa shape index (κ2) is 18.7. The van der Waals surface area contributed by atoms with Crippen LogP contribution in [-0.4, -0.2) is 12.6 Å². The average Bonchev–Trinajstić information content (AvgIpc) is 2.75. The maximum absolute atomic E-state index is 12.1. The van der Waals surface area contributed by atoms with Crippen LogP contribution in [0.3, 0.4) is 0 Å². The molecular formula is C27H46O2. The van der Waals surface area contributed by atoms with Crippen LogP contribution in [-0.2, 0) is 11.2 Å². The van der Waals surface area contributed by atoms with Gasteiger partial charge in [-0.2, -0.15) is 0 Å². The summed E-state index contributed by atoms with van der Waals surface area (Å²) in [5.74, 6) is -0.179. The fourth-order valence-electron chi connectivity index (χ4n) is 3.73. The molecular weight excluding hydrogens is 356 g/mol. The predicted octanol–water partition coefficient (Wildman–Crippen LogP) is 8.67. The molecule has 1 aromatic carbocycles. The Hall–Kier alpha value is -1.31. The second-order valence-electron chi connectivity index (χ2n) is 8.53. The summed E-state index contributed by atoms with van der Waals surface area (Å²) in [6.45, 7) is 5.03. The lowest BCUT2D eigenvalue weighted by Gasteiger charge is -2.06. The van der Waals surface area contributed by atoms with Gasteiger partial charge in [-0.3, -0.25) is 0 Å². The van der Waals surface area contributed by atoms with Gasteiger partial charge < -0.3 is 4.74 Å². The third kappa shape index (κ3) is 14.3. The molecule has 0 spiro atoms. The Bertz CT molecular complexity index is 492. The quantitative estimate of drug-likeness (QED) is 0.171. The third-order valence-corrected chi connectivity index (χ3v) is 5.74. The zero-order valence-corrected chi connectivity index (χ0v) is 19.4. The molecule has 2 heteroatoms. The van der Waals surface area contributed by atoms with E-state index in [1.807, 2.05) is 12.1 Å². The number of carbonyl (C=O) groups excluding carboxylic acids is 1. The topological polar surface area (TPSA) is 26.3 Å². The first-order chi connectivity index (χ1) is 14.3. The molecule has 0 amide bonds. The molecule has 29 heavy (non-hydrogen) atoms. The highest BCUT2D eigenvalue weighted by Gasteiger charge is 2.06. The highest BCUT2D eigenvalue weighted by atomic mass is 16.5. The summed E-state index contributed by atoms with van der Waals surface area (Å²) in [6, 6.07) is 7.91. The molecule has 0 aliphatic rings. The molecule has 0 N–H and O–H groups in total. The molecule has 0 aliphatic carbocycles. The molecule has 0 aromatic heterocycles. The number of rotatable bonds is 19. The molecule has 0 unspecified atom stereocenters. The number of esters is 1. The van der Waals surface area contributed by atoms with E-state index in [-0.39, 0.29) is 5.97 Å². The van der Waals surface area contributed by atoms with Crippen molar-refractivity contribution in [3.63, 3.8) is 0 Å². The minimum Gasteiger partial charge on any atom is -0.462 e. The molecule has 0 fully saturated rings. The van der Waals surface area contributed by atoms with E-state index in [9.17, 15) is 4.79 Å². The van der Waals surface area contributed by atoms with E-state index in [1.165, 1.54) is 102 Å². The molecule has 0 saturated heterocycles. The van der Waals surface area contributed by atoms with Gasteiger partial charge in [0.05, 0.1) is 12.2 Å². The Labute approximate surface area is 180 Å². The van der Waals surface area contributed by atoms with Gasteiger partial charge in [0.15, 0.2) is 0 Å². The zero-order chi connectivity index (χ0) is 21.0. The summed E-state index contributed by atoms with van der Waals surface area (Å²) in [5, 5.41) is 0. The van der Waals surface area contributed by atoms with E-state index in [2.05, 4.69) is 26.0 Å². The predicted molar refractivity (Wildman–Crippen MR) is 126 cm³/mol. The smallest absolute Gasteiger partial charge is 0.338 e. The molecule has 0 atom stereocenters. The number of aryl methyl sites for hydroxylation is 1. The van der Waals surface area contributed by atoms with Crippen LogP contribution in [0.4, 0.5) is 0 Å². The monoisotopic (exact) mass is 402 g/mol. The van der Waals surface area contributed by atoms with E-state index in [4.69, 9.17) is 4.74 Å². The van der Waals surface area contributed by atoms with Gasteiger partial charge in [-0.1, -0.05) is 116 Å². The summed E-state index contributed by atoms with van der Waals surface area (Å²) in [4.78, 5) is 12.1. The van der Waals surface area contributed by atoms with Crippen LogP contribution in [0.1, 0.15) is 133 Å². The zero-order valence-electron chi connectivity index (χ0n) is 19.4. The van der Waals surface area contributed by atoms with Crippen molar-refractivity contribution in [3.05, 3.63) is 35.4 Å². The third-order valence-electron chi connectivity index (χ3n) is 5.74. The summed E-state index contributed by atoms with van der Waals surface area (Å²) in [6.07, 6.45) is 22.3. The first-order valence-electron chi connectivity index (χ1n) is 12.5. The number of carbonyl (C=O) groups is 1. The minimum atomic E-state index is -0.179. The molecule has 0 bridgehead atoms. The fourth-order valence-corrected chi connectivity index (χ4v) is 3.73. The van der Waals surface area contributed by atoms with Crippen LogP contribution in [0, 0.1) is 0 Å². The van der Waals surface area contributed by atoms with Gasteiger partial charge in [0.25, 0.3) is 0 Å². The van der Waals surface area contributed by atoms with Crippen molar-refractivity contribution in [2.75, 3.05) is 6.61 Å². The lowest BCUT2D eigenvalue weighted by Crippen LogP contribution is -2.06. The number of hydrogen-bond acceptors (Lipinski definition) is 2. The first-order valence-corrected chi connectivity index (χ1v) is 12.5. The van der Waals surface area contributed by atoms with Crippen LogP contribution in [0.5, 0.6) is 0 Å². The van der Waals surface area contributed by atoms with Gasteiger partial charge in [-0.15, -0.1) is 0 Å². The minimum absolute atomic E-state index is 0.179. The Morgan fingerprint density at radius 3 is 1.55 bits per heavy atom. The van der Waals surface area contributed by atoms with Crippen LogP contribution < -0.4 is 0 Å². The van der Waals surface area contributed by atoms with Crippen molar-refractivity contribution in [2.24, 2.45) is 0 Å². The van der Waals surface area contributed by atoms with Gasteiger partial charge >= 0.3 is 5.97 Å². The molecule has 0 saturated carbocycles. The van der Waals surface area contributed by atoms with Crippen molar-refractivity contribution < 1.29 is 9.53 Å². The second-order valence-corrected chi connectivity index (χ2v) is 8.53. The Morgan fingerprint density at radius 1 is 0.621 bits per heavy atom. The first kappa shape index (κ1) is 25.7. The Morgan fingerprint density at radius 2 is 1.07 bits per heavy atom. The highest BCUT2D eigenvalue weighted by molar-refractivity contribution is 5.89. The molecule has 0 radical (unpaired) electrons. The van der Waals surface area contributed by atoms with Crippen molar-refractivity contribution in [3.8, 4) is 0 Å². The van der Waals surface area contributed by atoms with Gasteiger partial charge in [0.2, 0.25) is 0 Å². The lowest BCUT2D eigenvalue weighted by molar-refractivity contribution is 0.0497. The molecule has 166 valence electrons. The molecule has 0 aliphatic heterocycles. The summed E-state index contributed by atoms with van der Waals surface area (Å²) >= 11 is 0. The van der Waals surface area contributed by atoms with E-state index in [0.29, 0.717) is 12.2 Å². The number of unbranched alkanes of at least 4 members (excludes halogenated alkanes) is 14. The van der Waals surface area contributed by atoms with E-state index < -0.39 is 0 Å². The molecule has 1 aromatic rings. The maximum Gasteiger partial charge on any atom is 0.338 e. The number of benzene rings is 1. The van der Waals surface area contributed by atoms with Gasteiger partial charge in [-0.05, 0) is 37.0 Å². The lowest BCUT2D eigenvalue weighted by atomic mass is 10.0. The van der Waals surface area contributed by atoms with Crippen LogP contribution in [0.25, 0.3) is 0 Å². The average molecular weight is 403 g/mol. The van der Waals surface area contributed by atoms with Crippen molar-refractivity contribution in [2.45, 2.75) is 123 Å². The normalized spacial score (nSPS) is 11.0. The van der Waals surface area contributed by atoms with Crippen LogP contribution in [0.15, 0.2) is 24.3 Å². The summed E-state index contributed by atoms with van der Waals surface area (Å²) in [5.41, 5.74) is 1.98. The highest BCUT2D eigenvalue weighted by Crippen LogP contribution is 2.13. The Balaban J connectivity index is 1.89. The SMILES string of the molecule is CCCCCCCCCCCCCCCCOC(=O)c1ccc(CCCC)cc1. The van der Waals surface area contributed by atoms with E-state index >= 15 is 0 Å². The van der Waals surface area contributed by atoms with Crippen molar-refractivity contribution in [1.82, 2.24) is 0 Å². The van der Waals surface area contributed by atoms with Crippen LogP contribution in [0.2, 0.25) is 0 Å². The standard InChI is InChI=1S/C27H46O2/c1-3-5-7-8-9-10-11-12-13-14-15-16-17-18-24-29-27(28)26-22-20-25(21-23-26)19-6-4-2/h20-23H,3-19,24H2,1-2H3. The van der Waals surface area contributed by atoms with Crippen molar-refractivity contribution >= 4 is 5.97 Å². The number of ether oxygens (including phenoxy) is 1. The molecule has 0 heterocycles. The van der Waals surface area contributed by atoms with Gasteiger partial charge in [0.1, 0.15) is 0 Å². The fraction of sp³-hybridized carbons (Fsp3) is 0.741. The maximum atomic E-state index is 12.1. The van der Waals surface area contributed by atoms with Crippen molar-refractivity contribution in [1.29, 1.82) is 0 Å². The van der Waals surface area contributed by atoms with Gasteiger partial charge in [0, 0.05) is 0 Å².